The van der Waals surface area contributed by atoms with Crippen LogP contribution in [0.4, 0.5) is 0 Å². The Morgan fingerprint density at radius 2 is 0.745 bits per heavy atom. The molecule has 0 radical (unpaired) electrons. The third kappa shape index (κ3) is 5.30. The van der Waals surface area contributed by atoms with E-state index < -0.39 is 0 Å². The van der Waals surface area contributed by atoms with Crippen LogP contribution in [0.25, 0.3) is 110 Å². The van der Waals surface area contributed by atoms with Crippen molar-refractivity contribution in [3.8, 4) is 55.9 Å². The van der Waals surface area contributed by atoms with Crippen molar-refractivity contribution in [3.05, 3.63) is 200 Å². The van der Waals surface area contributed by atoms with Crippen LogP contribution in [0.15, 0.2) is 205 Å². The molecule has 2 heteroatoms. The van der Waals surface area contributed by atoms with Crippen molar-refractivity contribution >= 4 is 54.3 Å². The normalized spacial score (nSPS) is 11.6. The topological polar surface area (TPSA) is 26.0 Å². The van der Waals surface area contributed by atoms with Crippen LogP contribution >= 0.6 is 0 Å². The Morgan fingerprint density at radius 1 is 0.273 bits per heavy atom. The van der Waals surface area contributed by atoms with Gasteiger partial charge in [0, 0.05) is 27.5 Å². The van der Waals surface area contributed by atoms with Gasteiger partial charge in [-0.3, -0.25) is 0 Å². The van der Waals surface area contributed by atoms with Crippen LogP contribution in [0.5, 0.6) is 0 Å². The second kappa shape index (κ2) is 12.7. The molecule has 55 heavy (non-hydrogen) atoms. The molecular formula is C53H33NO. The first kappa shape index (κ1) is 31.3. The predicted molar refractivity (Wildman–Crippen MR) is 231 cm³/mol. The van der Waals surface area contributed by atoms with Gasteiger partial charge in [-0.1, -0.05) is 158 Å². The molecule has 0 saturated carbocycles. The van der Waals surface area contributed by atoms with Gasteiger partial charge in [0.1, 0.15) is 11.2 Å². The van der Waals surface area contributed by atoms with Crippen LogP contribution < -0.4 is 0 Å². The zero-order valence-electron chi connectivity index (χ0n) is 29.9. The van der Waals surface area contributed by atoms with E-state index in [9.17, 15) is 0 Å². The Labute approximate surface area is 318 Å². The fourth-order valence-electron chi connectivity index (χ4n) is 8.39. The first-order chi connectivity index (χ1) is 27.2. The minimum atomic E-state index is 0.893. The van der Waals surface area contributed by atoms with E-state index in [1.54, 1.807) is 0 Å². The van der Waals surface area contributed by atoms with Gasteiger partial charge >= 0.3 is 0 Å². The molecule has 0 N–H and O–H groups in total. The lowest BCUT2D eigenvalue weighted by Gasteiger charge is -2.15. The number of benzene rings is 9. The average Bonchev–Trinajstić information content (AvgIpc) is 3.66. The van der Waals surface area contributed by atoms with Crippen LogP contribution in [0.3, 0.4) is 0 Å². The van der Waals surface area contributed by atoms with E-state index >= 15 is 0 Å². The van der Waals surface area contributed by atoms with Crippen LogP contribution in [0, 0.1) is 0 Å². The van der Waals surface area contributed by atoms with Crippen LogP contribution in [0.2, 0.25) is 0 Å². The molecule has 0 bridgehead atoms. The van der Waals surface area contributed by atoms with Gasteiger partial charge in [0.15, 0.2) is 0 Å². The van der Waals surface area contributed by atoms with E-state index in [0.29, 0.717) is 0 Å². The largest absolute Gasteiger partial charge is 0.455 e. The number of rotatable bonds is 5. The summed E-state index contributed by atoms with van der Waals surface area (Å²) in [6.45, 7) is 0. The molecule has 9 aromatic carbocycles. The summed E-state index contributed by atoms with van der Waals surface area (Å²) < 4.78 is 6.62. The highest BCUT2D eigenvalue weighted by molar-refractivity contribution is 6.25. The molecule has 2 heterocycles. The second-order valence-electron chi connectivity index (χ2n) is 14.3. The van der Waals surface area contributed by atoms with Gasteiger partial charge in [0.2, 0.25) is 0 Å². The summed E-state index contributed by atoms with van der Waals surface area (Å²) in [4.78, 5) is 5.20. The van der Waals surface area contributed by atoms with Gasteiger partial charge in [-0.25, -0.2) is 4.98 Å². The molecule has 2 aromatic heterocycles. The van der Waals surface area contributed by atoms with Crippen molar-refractivity contribution in [1.29, 1.82) is 0 Å². The maximum atomic E-state index is 6.62. The smallest absolute Gasteiger partial charge is 0.143 e. The third-order valence-electron chi connectivity index (χ3n) is 11.0. The standard InChI is InChI=1S/C53H33NO/c1-3-14-34(15-4-1)50-32-39(33-51(54-50)35-16-5-2-6-17-35)38-28-37(29-40(30-38)41-23-13-24-48-47-22-11-12-25-52(47)55-53(41)48)36-26-27-46-44-20-8-7-18-42(44)43-19-9-10-21-45(43)49(46)31-36/h1-33H. The van der Waals surface area contributed by atoms with Crippen LogP contribution in [-0.2, 0) is 0 Å². The van der Waals surface area contributed by atoms with E-state index in [0.717, 1.165) is 77.8 Å². The predicted octanol–water partition coefficient (Wildman–Crippen LogP) is 14.8. The molecule has 0 aliphatic carbocycles. The summed E-state index contributed by atoms with van der Waals surface area (Å²) in [6.07, 6.45) is 0. The molecule has 0 aliphatic rings. The summed E-state index contributed by atoms with van der Waals surface area (Å²) in [6, 6.07) is 71.7. The molecule has 11 rings (SSSR count). The molecule has 0 spiro atoms. The number of aromatic nitrogens is 1. The number of para-hydroxylation sites is 2. The monoisotopic (exact) mass is 699 g/mol. The number of fused-ring (bicyclic) bond motifs is 9. The maximum absolute atomic E-state index is 6.62. The molecule has 0 amide bonds. The first-order valence-electron chi connectivity index (χ1n) is 18.8. The van der Waals surface area contributed by atoms with Crippen LogP contribution in [-0.4, -0.2) is 4.98 Å². The number of furan rings is 1. The van der Waals surface area contributed by atoms with Gasteiger partial charge in [0.05, 0.1) is 11.4 Å². The minimum absolute atomic E-state index is 0.893. The summed E-state index contributed by atoms with van der Waals surface area (Å²) in [5, 5.41) is 9.83. The molecule has 0 saturated heterocycles. The SMILES string of the molecule is c1ccc(-c2cc(-c3cc(-c4ccc5c6ccccc6c6ccccc6c5c4)cc(-c4cccc5c4oc4ccccc45)c3)cc(-c3ccccc3)n2)cc1. The highest BCUT2D eigenvalue weighted by Crippen LogP contribution is 2.42. The molecular weight excluding hydrogens is 667 g/mol. The van der Waals surface area contributed by atoms with Crippen molar-refractivity contribution in [2.45, 2.75) is 0 Å². The Kier molecular flexibility index (Phi) is 7.21. The molecule has 11 aromatic rings. The minimum Gasteiger partial charge on any atom is -0.455 e. The fourth-order valence-corrected chi connectivity index (χ4v) is 8.39. The number of pyridine rings is 1. The highest BCUT2D eigenvalue weighted by Gasteiger charge is 2.17. The van der Waals surface area contributed by atoms with Crippen molar-refractivity contribution in [2.75, 3.05) is 0 Å². The molecule has 0 aliphatic heterocycles. The van der Waals surface area contributed by atoms with E-state index in [-0.39, 0.29) is 0 Å². The zero-order chi connectivity index (χ0) is 36.3. The number of nitrogens with zero attached hydrogens (tertiary/aromatic N) is 1. The Balaban J connectivity index is 1.19. The molecule has 0 fully saturated rings. The zero-order valence-corrected chi connectivity index (χ0v) is 29.9. The van der Waals surface area contributed by atoms with Gasteiger partial charge in [-0.05, 0) is 103 Å². The van der Waals surface area contributed by atoms with E-state index in [1.807, 2.05) is 6.07 Å². The van der Waals surface area contributed by atoms with E-state index in [4.69, 9.17) is 9.40 Å². The Hall–Kier alpha value is -7.29. The lowest BCUT2D eigenvalue weighted by atomic mass is 9.89. The molecule has 2 nitrogen and oxygen atoms in total. The summed E-state index contributed by atoms with van der Waals surface area (Å²) in [5.41, 5.74) is 12.5. The van der Waals surface area contributed by atoms with E-state index in [1.165, 1.54) is 32.3 Å². The van der Waals surface area contributed by atoms with Gasteiger partial charge in [-0.15, -0.1) is 0 Å². The average molecular weight is 700 g/mol. The van der Waals surface area contributed by atoms with Gasteiger partial charge in [-0.2, -0.15) is 0 Å². The maximum Gasteiger partial charge on any atom is 0.143 e. The first-order valence-corrected chi connectivity index (χ1v) is 18.8. The second-order valence-corrected chi connectivity index (χ2v) is 14.3. The van der Waals surface area contributed by atoms with Gasteiger partial charge < -0.3 is 4.42 Å². The summed E-state index contributed by atoms with van der Waals surface area (Å²) in [5.74, 6) is 0. The highest BCUT2D eigenvalue weighted by atomic mass is 16.3. The number of hydrogen-bond donors (Lipinski definition) is 0. The molecule has 0 unspecified atom stereocenters. The molecule has 0 atom stereocenters. The summed E-state index contributed by atoms with van der Waals surface area (Å²) in [7, 11) is 0. The van der Waals surface area contributed by atoms with Crippen molar-refractivity contribution in [1.82, 2.24) is 4.98 Å². The lowest BCUT2D eigenvalue weighted by molar-refractivity contribution is 0.670. The Bertz CT molecular complexity index is 3160. The summed E-state index contributed by atoms with van der Waals surface area (Å²) >= 11 is 0. The number of hydrogen-bond acceptors (Lipinski definition) is 2. The lowest BCUT2D eigenvalue weighted by Crippen LogP contribution is -1.92. The molecule has 256 valence electrons. The van der Waals surface area contributed by atoms with Crippen molar-refractivity contribution in [3.63, 3.8) is 0 Å². The van der Waals surface area contributed by atoms with Crippen molar-refractivity contribution < 1.29 is 4.42 Å². The quantitative estimate of drug-likeness (QED) is 0.167. The van der Waals surface area contributed by atoms with Crippen LogP contribution in [0.1, 0.15) is 0 Å². The third-order valence-corrected chi connectivity index (χ3v) is 11.0. The fraction of sp³-hybridized carbons (Fsp3) is 0. The van der Waals surface area contributed by atoms with E-state index in [2.05, 4.69) is 194 Å². The van der Waals surface area contributed by atoms with Gasteiger partial charge in [0.25, 0.3) is 0 Å². The Morgan fingerprint density at radius 3 is 1.38 bits per heavy atom. The van der Waals surface area contributed by atoms with Crippen molar-refractivity contribution in [2.24, 2.45) is 0 Å².